The summed E-state index contributed by atoms with van der Waals surface area (Å²) in [6.07, 6.45) is 6.15. The van der Waals surface area contributed by atoms with E-state index in [9.17, 15) is 4.79 Å². The van der Waals surface area contributed by atoms with E-state index >= 15 is 0 Å². The van der Waals surface area contributed by atoms with E-state index in [1.807, 2.05) is 41.4 Å². The van der Waals surface area contributed by atoms with Gasteiger partial charge in [-0.2, -0.15) is 5.10 Å². The molecule has 1 unspecified atom stereocenters. The lowest BCUT2D eigenvalue weighted by molar-refractivity contribution is -0.140. The van der Waals surface area contributed by atoms with Gasteiger partial charge >= 0.3 is 0 Å². The Morgan fingerprint density at radius 3 is 2.79 bits per heavy atom. The number of aromatic nitrogens is 2. The number of likely N-dealkylation sites (tertiary alicyclic amines) is 1. The summed E-state index contributed by atoms with van der Waals surface area (Å²) in [7, 11) is 0. The van der Waals surface area contributed by atoms with Crippen molar-refractivity contribution in [3.8, 4) is 0 Å². The van der Waals surface area contributed by atoms with Crippen LogP contribution in [-0.4, -0.2) is 52.4 Å². The Bertz CT molecular complexity index is 835. The van der Waals surface area contributed by atoms with Crippen molar-refractivity contribution < 1.29 is 9.53 Å². The third-order valence-corrected chi connectivity index (χ3v) is 6.34. The number of hydrogen-bond donors (Lipinski definition) is 0. The zero-order valence-corrected chi connectivity index (χ0v) is 17.6. The topological polar surface area (TPSA) is 50.6 Å². The standard InChI is InChI=1S/C23H32N4O2/c1-3-12-27-19(2)20(15-24-27)16-25-13-7-10-23(11-14-25)18-26(22(28)17-29-23)21-8-5-4-6-9-21/h4-6,8-9,15H,3,7,10-14,16-18H2,1-2H3. The summed E-state index contributed by atoms with van der Waals surface area (Å²) in [4.78, 5) is 16.9. The minimum Gasteiger partial charge on any atom is -0.363 e. The van der Waals surface area contributed by atoms with Crippen LogP contribution in [0.4, 0.5) is 5.69 Å². The van der Waals surface area contributed by atoms with Gasteiger partial charge in [0, 0.05) is 36.6 Å². The number of nitrogens with zero attached hydrogens (tertiary/aromatic N) is 4. The van der Waals surface area contributed by atoms with E-state index in [4.69, 9.17) is 4.74 Å². The Morgan fingerprint density at radius 2 is 2.00 bits per heavy atom. The van der Waals surface area contributed by atoms with E-state index < -0.39 is 0 Å². The molecule has 0 radical (unpaired) electrons. The molecule has 1 aromatic heterocycles. The van der Waals surface area contributed by atoms with Crippen molar-refractivity contribution in [2.24, 2.45) is 0 Å². The van der Waals surface area contributed by atoms with Crippen molar-refractivity contribution >= 4 is 11.6 Å². The molecule has 2 saturated heterocycles. The highest BCUT2D eigenvalue weighted by Gasteiger charge is 2.41. The van der Waals surface area contributed by atoms with E-state index in [0.29, 0.717) is 6.54 Å². The zero-order chi connectivity index (χ0) is 20.3. The van der Waals surface area contributed by atoms with E-state index in [1.54, 1.807) is 0 Å². The van der Waals surface area contributed by atoms with Crippen LogP contribution in [0.5, 0.6) is 0 Å². The molecule has 2 aliphatic heterocycles. The molecule has 1 aromatic carbocycles. The average Bonchev–Trinajstić information content (AvgIpc) is 2.96. The number of anilines is 1. The van der Waals surface area contributed by atoms with Gasteiger partial charge in [0.15, 0.2) is 0 Å². The lowest BCUT2D eigenvalue weighted by Crippen LogP contribution is -2.55. The molecule has 2 aliphatic rings. The lowest BCUT2D eigenvalue weighted by atomic mass is 9.92. The summed E-state index contributed by atoms with van der Waals surface area (Å²) in [6, 6.07) is 9.98. The van der Waals surface area contributed by atoms with Gasteiger partial charge in [-0.15, -0.1) is 0 Å². The zero-order valence-electron chi connectivity index (χ0n) is 17.6. The molecular formula is C23H32N4O2. The van der Waals surface area contributed by atoms with Gasteiger partial charge in [-0.1, -0.05) is 25.1 Å². The molecule has 1 amide bonds. The van der Waals surface area contributed by atoms with Crippen LogP contribution in [0, 0.1) is 6.92 Å². The molecule has 1 spiro atoms. The monoisotopic (exact) mass is 396 g/mol. The van der Waals surface area contributed by atoms with Crippen molar-refractivity contribution in [3.05, 3.63) is 47.8 Å². The van der Waals surface area contributed by atoms with Gasteiger partial charge in [0.1, 0.15) is 6.61 Å². The Balaban J connectivity index is 1.42. The van der Waals surface area contributed by atoms with Crippen LogP contribution in [0.1, 0.15) is 43.9 Å². The molecule has 156 valence electrons. The van der Waals surface area contributed by atoms with Crippen molar-refractivity contribution in [2.45, 2.75) is 58.2 Å². The summed E-state index contributed by atoms with van der Waals surface area (Å²) >= 11 is 0. The highest BCUT2D eigenvalue weighted by atomic mass is 16.5. The molecule has 0 N–H and O–H groups in total. The number of benzene rings is 1. The second-order valence-corrected chi connectivity index (χ2v) is 8.40. The molecule has 1 atom stereocenters. The van der Waals surface area contributed by atoms with E-state index in [0.717, 1.165) is 57.5 Å². The number of para-hydroxylation sites is 1. The maximum absolute atomic E-state index is 12.5. The highest BCUT2D eigenvalue weighted by molar-refractivity contribution is 5.95. The lowest BCUT2D eigenvalue weighted by Gasteiger charge is -2.42. The van der Waals surface area contributed by atoms with Crippen LogP contribution in [0.15, 0.2) is 36.5 Å². The third kappa shape index (κ3) is 4.38. The molecule has 0 saturated carbocycles. The first-order valence-corrected chi connectivity index (χ1v) is 10.8. The number of ether oxygens (including phenoxy) is 1. The number of carbonyl (C=O) groups is 1. The normalized spacial score (nSPS) is 23.5. The van der Waals surface area contributed by atoms with Gasteiger partial charge in [-0.3, -0.25) is 14.4 Å². The fraction of sp³-hybridized carbons (Fsp3) is 0.565. The van der Waals surface area contributed by atoms with E-state index in [1.165, 1.54) is 11.3 Å². The summed E-state index contributed by atoms with van der Waals surface area (Å²) in [5.74, 6) is 0.0573. The number of amides is 1. The minimum atomic E-state index is -0.236. The van der Waals surface area contributed by atoms with Gasteiger partial charge in [0.2, 0.25) is 0 Å². The first-order chi connectivity index (χ1) is 14.1. The first-order valence-electron chi connectivity index (χ1n) is 10.8. The largest absolute Gasteiger partial charge is 0.363 e. The van der Waals surface area contributed by atoms with Crippen LogP contribution >= 0.6 is 0 Å². The van der Waals surface area contributed by atoms with Crippen molar-refractivity contribution in [3.63, 3.8) is 0 Å². The fourth-order valence-corrected chi connectivity index (χ4v) is 4.56. The molecule has 6 heteroatoms. The van der Waals surface area contributed by atoms with E-state index in [-0.39, 0.29) is 18.1 Å². The Hall–Kier alpha value is -2.18. The van der Waals surface area contributed by atoms with Gasteiger partial charge in [-0.05, 0) is 51.3 Å². The second-order valence-electron chi connectivity index (χ2n) is 8.40. The van der Waals surface area contributed by atoms with Gasteiger partial charge in [-0.25, -0.2) is 0 Å². The number of hydrogen-bond acceptors (Lipinski definition) is 4. The number of rotatable bonds is 5. The third-order valence-electron chi connectivity index (χ3n) is 6.34. The molecule has 4 rings (SSSR count). The maximum atomic E-state index is 12.5. The van der Waals surface area contributed by atoms with Gasteiger partial charge in [0.05, 0.1) is 18.3 Å². The number of aryl methyl sites for hydroxylation is 1. The quantitative estimate of drug-likeness (QED) is 0.777. The molecule has 0 bridgehead atoms. The predicted molar refractivity (Wildman–Crippen MR) is 114 cm³/mol. The van der Waals surface area contributed by atoms with Crippen molar-refractivity contribution in [2.75, 3.05) is 31.1 Å². The smallest absolute Gasteiger partial charge is 0.253 e. The summed E-state index contributed by atoms with van der Waals surface area (Å²) in [5, 5.41) is 4.55. The summed E-state index contributed by atoms with van der Waals surface area (Å²) < 4.78 is 8.29. The van der Waals surface area contributed by atoms with Crippen LogP contribution in [0.2, 0.25) is 0 Å². The Kier molecular flexibility index (Phi) is 6.01. The van der Waals surface area contributed by atoms with Crippen molar-refractivity contribution in [1.82, 2.24) is 14.7 Å². The van der Waals surface area contributed by atoms with Gasteiger partial charge in [0.25, 0.3) is 5.91 Å². The van der Waals surface area contributed by atoms with Crippen LogP contribution in [-0.2, 0) is 22.6 Å². The van der Waals surface area contributed by atoms with Crippen LogP contribution in [0.3, 0.4) is 0 Å². The summed E-state index contributed by atoms with van der Waals surface area (Å²) in [5.41, 5.74) is 3.33. The first kappa shape index (κ1) is 20.1. The number of carbonyl (C=O) groups excluding carboxylic acids is 1. The Morgan fingerprint density at radius 1 is 1.17 bits per heavy atom. The highest BCUT2D eigenvalue weighted by Crippen LogP contribution is 2.33. The molecule has 2 aromatic rings. The van der Waals surface area contributed by atoms with Crippen molar-refractivity contribution in [1.29, 1.82) is 0 Å². The van der Waals surface area contributed by atoms with Crippen LogP contribution < -0.4 is 4.90 Å². The molecule has 6 nitrogen and oxygen atoms in total. The van der Waals surface area contributed by atoms with E-state index in [2.05, 4.69) is 28.5 Å². The SMILES string of the molecule is CCCn1ncc(CN2CCCC3(CC2)CN(c2ccccc2)C(=O)CO3)c1C. The molecule has 3 heterocycles. The molecule has 0 aliphatic carbocycles. The molecule has 2 fully saturated rings. The fourth-order valence-electron chi connectivity index (χ4n) is 4.56. The molecular weight excluding hydrogens is 364 g/mol. The average molecular weight is 397 g/mol. The molecule has 29 heavy (non-hydrogen) atoms. The maximum Gasteiger partial charge on any atom is 0.253 e. The van der Waals surface area contributed by atoms with Gasteiger partial charge < -0.3 is 9.64 Å². The number of morpholine rings is 1. The Labute approximate surface area is 173 Å². The predicted octanol–water partition coefficient (Wildman–Crippen LogP) is 3.39. The summed E-state index contributed by atoms with van der Waals surface area (Å²) in [6.45, 7) is 9.14. The second kappa shape index (κ2) is 8.67. The van der Waals surface area contributed by atoms with Crippen LogP contribution in [0.25, 0.3) is 0 Å². The minimum absolute atomic E-state index is 0.0573.